The summed E-state index contributed by atoms with van der Waals surface area (Å²) in [4.78, 5) is 25.3. The van der Waals surface area contributed by atoms with E-state index in [-0.39, 0.29) is 6.61 Å². The van der Waals surface area contributed by atoms with Gasteiger partial charge in [0.15, 0.2) is 6.19 Å². The number of rotatable bonds is 7. The SMILES string of the molecule is CN(C#N)C(=O)C(NC(=O)c1ccccc1)OCCc1ccccc1. The molecule has 25 heavy (non-hydrogen) atoms. The van der Waals surface area contributed by atoms with Gasteiger partial charge in [0, 0.05) is 12.6 Å². The first-order valence-corrected chi connectivity index (χ1v) is 7.80. The predicted molar refractivity (Wildman–Crippen MR) is 92.2 cm³/mol. The molecule has 0 saturated carbocycles. The average Bonchev–Trinajstić information content (AvgIpc) is 2.67. The molecule has 0 saturated heterocycles. The molecule has 2 aromatic carbocycles. The van der Waals surface area contributed by atoms with E-state index in [1.165, 1.54) is 7.05 Å². The fourth-order valence-corrected chi connectivity index (χ4v) is 2.13. The van der Waals surface area contributed by atoms with Crippen molar-refractivity contribution in [2.75, 3.05) is 13.7 Å². The lowest BCUT2D eigenvalue weighted by atomic mass is 10.2. The van der Waals surface area contributed by atoms with Gasteiger partial charge in [0.05, 0.1) is 6.61 Å². The molecule has 0 aliphatic rings. The highest BCUT2D eigenvalue weighted by molar-refractivity contribution is 5.97. The Morgan fingerprint density at radius 2 is 1.72 bits per heavy atom. The minimum Gasteiger partial charge on any atom is -0.349 e. The number of benzene rings is 2. The van der Waals surface area contributed by atoms with Crippen molar-refractivity contribution in [3.8, 4) is 6.19 Å². The first kappa shape index (κ1) is 18.2. The van der Waals surface area contributed by atoms with Crippen molar-refractivity contribution in [3.05, 3.63) is 71.8 Å². The highest BCUT2D eigenvalue weighted by atomic mass is 16.5. The van der Waals surface area contributed by atoms with E-state index in [1.807, 2.05) is 30.3 Å². The van der Waals surface area contributed by atoms with Gasteiger partial charge in [-0.15, -0.1) is 0 Å². The van der Waals surface area contributed by atoms with Gasteiger partial charge in [-0.3, -0.25) is 9.59 Å². The van der Waals surface area contributed by atoms with Crippen LogP contribution in [0.3, 0.4) is 0 Å². The fourth-order valence-electron chi connectivity index (χ4n) is 2.13. The largest absolute Gasteiger partial charge is 0.349 e. The van der Waals surface area contributed by atoms with Gasteiger partial charge in [-0.05, 0) is 24.1 Å². The third-order valence-electron chi connectivity index (χ3n) is 3.52. The van der Waals surface area contributed by atoms with Crippen molar-refractivity contribution >= 4 is 11.8 Å². The van der Waals surface area contributed by atoms with E-state index in [1.54, 1.807) is 36.5 Å². The van der Waals surface area contributed by atoms with E-state index in [0.29, 0.717) is 12.0 Å². The maximum atomic E-state index is 12.3. The second-order valence-electron chi connectivity index (χ2n) is 5.32. The van der Waals surface area contributed by atoms with Crippen molar-refractivity contribution in [1.29, 1.82) is 5.26 Å². The lowest BCUT2D eigenvalue weighted by Gasteiger charge is -2.20. The summed E-state index contributed by atoms with van der Waals surface area (Å²) >= 11 is 0. The third-order valence-corrected chi connectivity index (χ3v) is 3.52. The predicted octanol–water partition coefficient (Wildman–Crippen LogP) is 1.94. The Morgan fingerprint density at radius 3 is 2.32 bits per heavy atom. The molecule has 128 valence electrons. The van der Waals surface area contributed by atoms with Crippen LogP contribution < -0.4 is 5.32 Å². The van der Waals surface area contributed by atoms with Crippen LogP contribution in [-0.4, -0.2) is 36.6 Å². The van der Waals surface area contributed by atoms with Gasteiger partial charge in [0.2, 0.25) is 6.23 Å². The number of ether oxygens (including phenoxy) is 1. The van der Waals surface area contributed by atoms with E-state index < -0.39 is 18.0 Å². The molecule has 6 heteroatoms. The quantitative estimate of drug-likeness (QED) is 0.475. The minimum atomic E-state index is -1.22. The first-order valence-electron chi connectivity index (χ1n) is 7.80. The van der Waals surface area contributed by atoms with Crippen molar-refractivity contribution in [2.24, 2.45) is 0 Å². The number of nitrogens with one attached hydrogen (secondary N) is 1. The molecule has 0 aliphatic heterocycles. The molecule has 6 nitrogen and oxygen atoms in total. The molecular formula is C19H19N3O3. The molecule has 0 aliphatic carbocycles. The topological polar surface area (TPSA) is 82.4 Å². The summed E-state index contributed by atoms with van der Waals surface area (Å²) in [6.07, 6.45) is 1.08. The summed E-state index contributed by atoms with van der Waals surface area (Å²) in [6.45, 7) is 0.231. The Kier molecular flexibility index (Phi) is 6.69. The summed E-state index contributed by atoms with van der Waals surface area (Å²) in [5.41, 5.74) is 1.46. The molecule has 2 aromatic rings. The number of amides is 2. The van der Waals surface area contributed by atoms with Gasteiger partial charge in [-0.25, -0.2) is 4.90 Å². The molecule has 0 aromatic heterocycles. The Morgan fingerprint density at radius 1 is 1.12 bits per heavy atom. The van der Waals surface area contributed by atoms with E-state index in [2.05, 4.69) is 5.32 Å². The zero-order valence-electron chi connectivity index (χ0n) is 13.9. The molecule has 2 rings (SSSR count). The van der Waals surface area contributed by atoms with Crippen molar-refractivity contribution in [3.63, 3.8) is 0 Å². The van der Waals surface area contributed by atoms with Crippen LogP contribution in [0.15, 0.2) is 60.7 Å². The molecule has 0 spiro atoms. The molecule has 0 bridgehead atoms. The second-order valence-corrected chi connectivity index (χ2v) is 5.32. The number of carbonyl (C=O) groups is 2. The van der Waals surface area contributed by atoms with Gasteiger partial charge in [0.25, 0.3) is 11.8 Å². The molecule has 0 heterocycles. The highest BCUT2D eigenvalue weighted by Gasteiger charge is 2.25. The molecular weight excluding hydrogens is 318 g/mol. The van der Waals surface area contributed by atoms with E-state index in [4.69, 9.17) is 10.00 Å². The van der Waals surface area contributed by atoms with Gasteiger partial charge in [-0.1, -0.05) is 48.5 Å². The fraction of sp³-hybridized carbons (Fsp3) is 0.211. The maximum Gasteiger partial charge on any atom is 0.285 e. The van der Waals surface area contributed by atoms with Crippen molar-refractivity contribution in [1.82, 2.24) is 10.2 Å². The molecule has 0 fully saturated rings. The lowest BCUT2D eigenvalue weighted by Crippen LogP contribution is -2.48. The summed E-state index contributed by atoms with van der Waals surface area (Å²) < 4.78 is 5.55. The van der Waals surface area contributed by atoms with Crippen LogP contribution in [0.1, 0.15) is 15.9 Å². The first-order chi connectivity index (χ1) is 12.1. The van der Waals surface area contributed by atoms with Gasteiger partial charge in [0.1, 0.15) is 0 Å². The summed E-state index contributed by atoms with van der Waals surface area (Å²) in [5, 5.41) is 11.4. The zero-order valence-corrected chi connectivity index (χ0v) is 13.9. The van der Waals surface area contributed by atoms with E-state index >= 15 is 0 Å². The van der Waals surface area contributed by atoms with Crippen LogP contribution >= 0.6 is 0 Å². The Balaban J connectivity index is 2.01. The molecule has 1 atom stereocenters. The maximum absolute atomic E-state index is 12.3. The number of nitriles is 1. The second kappa shape index (κ2) is 9.21. The summed E-state index contributed by atoms with van der Waals surface area (Å²) in [7, 11) is 1.32. The lowest BCUT2D eigenvalue weighted by molar-refractivity contribution is -0.140. The number of hydrogen-bond donors (Lipinski definition) is 1. The Bertz CT molecular complexity index is 742. The highest BCUT2D eigenvalue weighted by Crippen LogP contribution is 2.04. The molecule has 1 N–H and O–H groups in total. The van der Waals surface area contributed by atoms with Gasteiger partial charge in [-0.2, -0.15) is 5.26 Å². The number of carbonyl (C=O) groups excluding carboxylic acids is 2. The van der Waals surface area contributed by atoms with Crippen LogP contribution in [0.4, 0.5) is 0 Å². The van der Waals surface area contributed by atoms with E-state index in [9.17, 15) is 9.59 Å². The zero-order chi connectivity index (χ0) is 18.1. The van der Waals surface area contributed by atoms with Gasteiger partial charge < -0.3 is 10.1 Å². The summed E-state index contributed by atoms with van der Waals surface area (Å²) in [5.74, 6) is -1.06. The Hall–Kier alpha value is -3.17. The van der Waals surface area contributed by atoms with Crippen LogP contribution in [0.2, 0.25) is 0 Å². The molecule has 0 radical (unpaired) electrons. The standard InChI is InChI=1S/C19H19N3O3/c1-22(14-20)19(24)18(21-17(23)16-10-6-3-7-11-16)25-13-12-15-8-4-2-5-9-15/h2-11,18H,12-13H2,1H3,(H,21,23). The summed E-state index contributed by atoms with van der Waals surface area (Å²) in [6, 6.07) is 18.2. The molecule has 2 amide bonds. The van der Waals surface area contributed by atoms with Crippen LogP contribution in [-0.2, 0) is 16.0 Å². The van der Waals surface area contributed by atoms with E-state index in [0.717, 1.165) is 10.5 Å². The average molecular weight is 337 g/mol. The van der Waals surface area contributed by atoms with Crippen LogP contribution in [0, 0.1) is 11.5 Å². The normalized spacial score (nSPS) is 11.2. The monoisotopic (exact) mass is 337 g/mol. The van der Waals surface area contributed by atoms with Crippen LogP contribution in [0.25, 0.3) is 0 Å². The van der Waals surface area contributed by atoms with Crippen LogP contribution in [0.5, 0.6) is 0 Å². The minimum absolute atomic E-state index is 0.231. The Labute approximate surface area is 146 Å². The number of likely N-dealkylation sites (N-methyl/N-ethyl adjacent to an activating group) is 1. The van der Waals surface area contributed by atoms with Crippen molar-refractivity contribution < 1.29 is 14.3 Å². The molecule has 1 unspecified atom stereocenters. The number of nitrogens with zero attached hydrogens (tertiary/aromatic N) is 2. The van der Waals surface area contributed by atoms with Crippen molar-refractivity contribution in [2.45, 2.75) is 12.6 Å². The number of hydrogen-bond acceptors (Lipinski definition) is 4. The third kappa shape index (κ3) is 5.44. The van der Waals surface area contributed by atoms with Gasteiger partial charge >= 0.3 is 0 Å². The smallest absolute Gasteiger partial charge is 0.285 e.